The average Bonchev–Trinajstić information content (AvgIpc) is 3.04. The summed E-state index contributed by atoms with van der Waals surface area (Å²) >= 11 is 0. The maximum atomic E-state index is 12.6. The highest BCUT2D eigenvalue weighted by Crippen LogP contribution is 2.29. The minimum Gasteiger partial charge on any atom is -0.452 e. The molecule has 3 rings (SSSR count). The summed E-state index contributed by atoms with van der Waals surface area (Å²) in [4.78, 5) is 27.3. The second-order valence-electron chi connectivity index (χ2n) is 6.23. The minimum atomic E-state index is -4.45. The molecule has 28 heavy (non-hydrogen) atoms. The summed E-state index contributed by atoms with van der Waals surface area (Å²) < 4.78 is 42.8. The lowest BCUT2D eigenvalue weighted by Gasteiger charge is -2.14. The van der Waals surface area contributed by atoms with Gasteiger partial charge in [-0.25, -0.2) is 0 Å². The number of aromatic amines is 1. The summed E-state index contributed by atoms with van der Waals surface area (Å²) in [5.74, 6) is -1.22. The summed E-state index contributed by atoms with van der Waals surface area (Å²) in [7, 11) is 0. The molecule has 0 fully saturated rings. The number of nitrogens with one attached hydrogen (secondary N) is 2. The van der Waals surface area contributed by atoms with Crippen molar-refractivity contribution >= 4 is 28.5 Å². The number of aromatic nitrogens is 1. The predicted molar refractivity (Wildman–Crippen MR) is 97.6 cm³/mol. The molecule has 0 aliphatic rings. The number of benzene rings is 2. The summed E-state index contributed by atoms with van der Waals surface area (Å²) in [5, 5.41) is 3.31. The first kappa shape index (κ1) is 19.5. The van der Waals surface area contributed by atoms with Crippen molar-refractivity contribution < 1.29 is 27.5 Å². The Morgan fingerprint density at radius 3 is 2.46 bits per heavy atom. The van der Waals surface area contributed by atoms with Crippen molar-refractivity contribution in [1.29, 1.82) is 0 Å². The first-order valence-electron chi connectivity index (χ1n) is 8.46. The number of amides is 1. The number of hydrogen-bond acceptors (Lipinski definition) is 3. The number of carbonyl (C=O) groups excluding carboxylic acids is 2. The molecule has 1 heterocycles. The van der Waals surface area contributed by atoms with Crippen LogP contribution in [0.5, 0.6) is 0 Å². The Kier molecular flexibility index (Phi) is 5.39. The number of rotatable bonds is 5. The zero-order valence-electron chi connectivity index (χ0n) is 14.8. The third-order valence-corrected chi connectivity index (χ3v) is 4.17. The molecule has 0 unspecified atom stereocenters. The van der Waals surface area contributed by atoms with Crippen LogP contribution in [-0.2, 0) is 26.9 Å². The summed E-state index contributed by atoms with van der Waals surface area (Å²) in [6, 6.07) is 11.5. The fraction of sp³-hybridized carbons (Fsp3) is 0.200. The summed E-state index contributed by atoms with van der Waals surface area (Å²) in [5.41, 5.74) is 0.996. The molecule has 1 amide bonds. The van der Waals surface area contributed by atoms with E-state index < -0.39 is 29.7 Å². The van der Waals surface area contributed by atoms with E-state index in [-0.39, 0.29) is 12.1 Å². The Bertz CT molecular complexity index is 994. The molecule has 2 aromatic carbocycles. The van der Waals surface area contributed by atoms with E-state index in [0.29, 0.717) is 0 Å². The van der Waals surface area contributed by atoms with Gasteiger partial charge in [0, 0.05) is 22.8 Å². The third-order valence-electron chi connectivity index (χ3n) is 4.17. The normalized spacial score (nSPS) is 12.6. The van der Waals surface area contributed by atoms with Crippen molar-refractivity contribution in [2.24, 2.45) is 0 Å². The van der Waals surface area contributed by atoms with Gasteiger partial charge in [0.2, 0.25) is 0 Å². The number of fused-ring (bicyclic) bond motifs is 1. The van der Waals surface area contributed by atoms with Crippen LogP contribution in [-0.4, -0.2) is 23.0 Å². The number of hydrogen-bond donors (Lipinski definition) is 2. The molecule has 3 aromatic rings. The number of alkyl halides is 3. The molecule has 0 spiro atoms. The molecule has 2 N–H and O–H groups in total. The molecule has 8 heteroatoms. The van der Waals surface area contributed by atoms with Gasteiger partial charge in [0.15, 0.2) is 6.10 Å². The molecule has 0 aliphatic heterocycles. The number of anilines is 1. The van der Waals surface area contributed by atoms with E-state index in [1.54, 1.807) is 6.20 Å². The first-order valence-corrected chi connectivity index (χ1v) is 8.46. The molecule has 0 aliphatic carbocycles. The monoisotopic (exact) mass is 390 g/mol. The Balaban J connectivity index is 1.57. The lowest BCUT2D eigenvalue weighted by atomic mass is 10.1. The van der Waals surface area contributed by atoms with Gasteiger partial charge in [-0.2, -0.15) is 13.2 Å². The first-order chi connectivity index (χ1) is 13.2. The topological polar surface area (TPSA) is 71.2 Å². The van der Waals surface area contributed by atoms with Crippen molar-refractivity contribution in [2.75, 3.05) is 5.32 Å². The largest absolute Gasteiger partial charge is 0.452 e. The van der Waals surface area contributed by atoms with E-state index in [1.807, 2.05) is 24.3 Å². The number of carbonyl (C=O) groups is 2. The van der Waals surface area contributed by atoms with E-state index in [0.717, 1.165) is 40.7 Å². The standard InChI is InChI=1S/C20H17F3N2O3/c1-12(19(27)25-15-8-6-14(7-9-15)20(21,22)23)28-18(26)10-13-11-24-17-5-3-2-4-16(13)17/h2-9,11-12,24H,10H2,1H3,(H,25,27)/t12-/m1/s1. The molecule has 0 radical (unpaired) electrons. The van der Waals surface area contributed by atoms with Gasteiger partial charge in [-0.15, -0.1) is 0 Å². The van der Waals surface area contributed by atoms with E-state index in [1.165, 1.54) is 6.92 Å². The number of ether oxygens (including phenoxy) is 1. The Morgan fingerprint density at radius 2 is 1.79 bits per heavy atom. The van der Waals surface area contributed by atoms with Crippen LogP contribution in [0, 0.1) is 0 Å². The second kappa shape index (κ2) is 7.75. The van der Waals surface area contributed by atoms with Gasteiger partial charge in [-0.3, -0.25) is 9.59 Å². The van der Waals surface area contributed by atoms with Crippen LogP contribution in [0.3, 0.4) is 0 Å². The van der Waals surface area contributed by atoms with Gasteiger partial charge >= 0.3 is 12.1 Å². The number of para-hydroxylation sites is 1. The molecule has 0 bridgehead atoms. The molecular weight excluding hydrogens is 373 g/mol. The van der Waals surface area contributed by atoms with Crippen molar-refractivity contribution in [3.63, 3.8) is 0 Å². The van der Waals surface area contributed by atoms with Gasteiger partial charge in [0.05, 0.1) is 12.0 Å². The van der Waals surface area contributed by atoms with Crippen molar-refractivity contribution in [2.45, 2.75) is 25.6 Å². The van der Waals surface area contributed by atoms with Crippen molar-refractivity contribution in [3.05, 3.63) is 65.9 Å². The molecule has 5 nitrogen and oxygen atoms in total. The van der Waals surface area contributed by atoms with E-state index >= 15 is 0 Å². The van der Waals surface area contributed by atoms with Crippen LogP contribution in [0.2, 0.25) is 0 Å². The SMILES string of the molecule is C[C@@H](OC(=O)Cc1c[nH]c2ccccc12)C(=O)Nc1ccc(C(F)(F)F)cc1. The Labute approximate surface area is 158 Å². The summed E-state index contributed by atoms with van der Waals surface area (Å²) in [6.07, 6.45) is -3.85. The molecule has 1 atom stereocenters. The van der Waals surface area contributed by atoms with Gasteiger partial charge in [-0.1, -0.05) is 18.2 Å². The molecule has 0 saturated heterocycles. The molecule has 1 aromatic heterocycles. The summed E-state index contributed by atoms with van der Waals surface area (Å²) in [6.45, 7) is 1.40. The van der Waals surface area contributed by atoms with E-state index in [4.69, 9.17) is 4.74 Å². The van der Waals surface area contributed by atoms with Crippen LogP contribution in [0.15, 0.2) is 54.7 Å². The average molecular weight is 390 g/mol. The lowest BCUT2D eigenvalue weighted by Crippen LogP contribution is -2.30. The van der Waals surface area contributed by atoms with Gasteiger partial charge in [0.25, 0.3) is 5.91 Å². The third kappa shape index (κ3) is 4.51. The zero-order chi connectivity index (χ0) is 20.3. The lowest BCUT2D eigenvalue weighted by molar-refractivity contribution is -0.152. The number of H-pyrrole nitrogens is 1. The van der Waals surface area contributed by atoms with Crippen LogP contribution >= 0.6 is 0 Å². The quantitative estimate of drug-likeness (QED) is 0.638. The smallest absolute Gasteiger partial charge is 0.416 e. The van der Waals surface area contributed by atoms with E-state index in [2.05, 4.69) is 10.3 Å². The second-order valence-corrected chi connectivity index (χ2v) is 6.23. The highest BCUT2D eigenvalue weighted by Gasteiger charge is 2.30. The van der Waals surface area contributed by atoms with Crippen LogP contribution in [0.1, 0.15) is 18.1 Å². The highest BCUT2D eigenvalue weighted by atomic mass is 19.4. The van der Waals surface area contributed by atoms with Crippen molar-refractivity contribution in [1.82, 2.24) is 4.98 Å². The Hall–Kier alpha value is -3.29. The predicted octanol–water partition coefficient (Wildman–Crippen LogP) is 4.30. The van der Waals surface area contributed by atoms with Crippen LogP contribution < -0.4 is 5.32 Å². The number of halogens is 3. The van der Waals surface area contributed by atoms with Crippen LogP contribution in [0.25, 0.3) is 10.9 Å². The maximum absolute atomic E-state index is 12.6. The number of esters is 1. The Morgan fingerprint density at radius 1 is 1.11 bits per heavy atom. The molecule has 0 saturated carbocycles. The zero-order valence-corrected chi connectivity index (χ0v) is 14.8. The van der Waals surface area contributed by atoms with Gasteiger partial charge < -0.3 is 15.0 Å². The molecule has 146 valence electrons. The van der Waals surface area contributed by atoms with Gasteiger partial charge in [0.1, 0.15) is 0 Å². The van der Waals surface area contributed by atoms with Crippen LogP contribution in [0.4, 0.5) is 18.9 Å². The minimum absolute atomic E-state index is 0.0120. The highest BCUT2D eigenvalue weighted by molar-refractivity contribution is 5.95. The maximum Gasteiger partial charge on any atom is 0.416 e. The van der Waals surface area contributed by atoms with E-state index in [9.17, 15) is 22.8 Å². The molecular formula is C20H17F3N2O3. The van der Waals surface area contributed by atoms with Gasteiger partial charge in [-0.05, 0) is 42.8 Å². The van der Waals surface area contributed by atoms with Crippen molar-refractivity contribution in [3.8, 4) is 0 Å². The fourth-order valence-corrected chi connectivity index (χ4v) is 2.71. The fourth-order valence-electron chi connectivity index (χ4n) is 2.71.